The average molecular weight is 439 g/mol. The Bertz CT molecular complexity index is 1170. The molecule has 0 fully saturated rings. The summed E-state index contributed by atoms with van der Waals surface area (Å²) >= 11 is 6.07. The fourth-order valence-corrected chi connectivity index (χ4v) is 3.53. The molecule has 3 rings (SSSR count). The molecular formula is C24H23ClN2O4. The maximum absolute atomic E-state index is 13.2. The van der Waals surface area contributed by atoms with Gasteiger partial charge >= 0.3 is 5.97 Å². The van der Waals surface area contributed by atoms with Crippen molar-refractivity contribution in [1.29, 1.82) is 0 Å². The van der Waals surface area contributed by atoms with E-state index in [9.17, 15) is 14.4 Å². The summed E-state index contributed by atoms with van der Waals surface area (Å²) in [7, 11) is 1.25. The molecular weight excluding hydrogens is 416 g/mol. The molecule has 1 aromatic heterocycles. The van der Waals surface area contributed by atoms with Crippen molar-refractivity contribution in [3.8, 4) is 0 Å². The van der Waals surface area contributed by atoms with Crippen LogP contribution in [0.15, 0.2) is 65.5 Å². The highest BCUT2D eigenvalue weighted by Crippen LogP contribution is 2.17. The minimum absolute atomic E-state index is 0.0463. The third kappa shape index (κ3) is 5.03. The van der Waals surface area contributed by atoms with Gasteiger partial charge in [0.05, 0.1) is 13.7 Å². The van der Waals surface area contributed by atoms with Gasteiger partial charge in [-0.25, -0.2) is 4.79 Å². The molecule has 6 nitrogen and oxygen atoms in total. The predicted molar refractivity (Wildman–Crippen MR) is 119 cm³/mol. The number of hydrogen-bond donors (Lipinski definition) is 1. The summed E-state index contributed by atoms with van der Waals surface area (Å²) in [5.74, 6) is -1.27. The molecule has 1 heterocycles. The zero-order valence-corrected chi connectivity index (χ0v) is 18.3. The number of methoxy groups -OCH3 is 1. The first-order valence-electron chi connectivity index (χ1n) is 9.71. The van der Waals surface area contributed by atoms with Crippen LogP contribution in [0.1, 0.15) is 38.8 Å². The number of halogens is 1. The quantitative estimate of drug-likeness (QED) is 0.593. The first-order valence-corrected chi connectivity index (χ1v) is 10.1. The highest BCUT2D eigenvalue weighted by molar-refractivity contribution is 6.30. The van der Waals surface area contributed by atoms with E-state index in [0.717, 1.165) is 16.8 Å². The van der Waals surface area contributed by atoms with Crippen LogP contribution in [0.2, 0.25) is 5.02 Å². The molecule has 0 radical (unpaired) electrons. The number of ether oxygens (including phenoxy) is 1. The molecule has 0 spiro atoms. The summed E-state index contributed by atoms with van der Waals surface area (Å²) in [5.41, 5.74) is 2.43. The number of aromatic nitrogens is 1. The summed E-state index contributed by atoms with van der Waals surface area (Å²) in [6, 6.07) is 16.4. The van der Waals surface area contributed by atoms with Crippen molar-refractivity contribution in [3.63, 3.8) is 0 Å². The maximum atomic E-state index is 13.2. The van der Waals surface area contributed by atoms with Crippen LogP contribution in [-0.4, -0.2) is 23.6 Å². The third-order valence-corrected chi connectivity index (χ3v) is 5.37. The van der Waals surface area contributed by atoms with Crippen molar-refractivity contribution in [1.82, 2.24) is 9.88 Å². The van der Waals surface area contributed by atoms with E-state index in [1.54, 1.807) is 48.5 Å². The monoisotopic (exact) mass is 438 g/mol. The summed E-state index contributed by atoms with van der Waals surface area (Å²) < 4.78 is 6.37. The highest BCUT2D eigenvalue weighted by atomic mass is 35.5. The van der Waals surface area contributed by atoms with Crippen LogP contribution in [0.25, 0.3) is 0 Å². The predicted octanol–water partition coefficient (Wildman–Crippen LogP) is 3.81. The molecule has 3 aromatic rings. The normalized spacial score (nSPS) is 11.6. The largest absolute Gasteiger partial charge is 0.467 e. The van der Waals surface area contributed by atoms with E-state index in [2.05, 4.69) is 5.32 Å². The number of esters is 1. The van der Waals surface area contributed by atoms with Crippen molar-refractivity contribution in [3.05, 3.63) is 104 Å². The van der Waals surface area contributed by atoms with Crippen molar-refractivity contribution >= 4 is 23.5 Å². The zero-order chi connectivity index (χ0) is 22.5. The Balaban J connectivity index is 1.98. The molecule has 1 atom stereocenters. The number of benzene rings is 2. The number of carbonyl (C=O) groups excluding carboxylic acids is 2. The van der Waals surface area contributed by atoms with Crippen LogP contribution in [0, 0.1) is 13.8 Å². The van der Waals surface area contributed by atoms with Crippen LogP contribution >= 0.6 is 11.6 Å². The molecule has 160 valence electrons. The van der Waals surface area contributed by atoms with Crippen molar-refractivity contribution in [2.75, 3.05) is 7.11 Å². The number of pyridine rings is 1. The van der Waals surface area contributed by atoms with Gasteiger partial charge in [-0.15, -0.1) is 0 Å². The van der Waals surface area contributed by atoms with Gasteiger partial charge in [-0.05, 0) is 48.7 Å². The van der Waals surface area contributed by atoms with Crippen molar-refractivity contribution < 1.29 is 14.3 Å². The maximum Gasteiger partial charge on any atom is 0.333 e. The standard InChI is InChI=1S/C24H23ClN2O4/c1-15-12-20(22(28)26-21(24(30)31-3)18-9-5-4-6-10-18)23(29)27(16(15)2)14-17-8-7-11-19(25)13-17/h4-13,21H,14H2,1-3H3,(H,26,28)/t21-/m0/s1. The molecule has 0 saturated carbocycles. The molecule has 0 bridgehead atoms. The van der Waals surface area contributed by atoms with Gasteiger partial charge in [0.25, 0.3) is 11.5 Å². The number of hydrogen-bond acceptors (Lipinski definition) is 4. The van der Waals surface area contributed by atoms with Crippen LogP contribution < -0.4 is 10.9 Å². The van der Waals surface area contributed by atoms with E-state index in [-0.39, 0.29) is 12.1 Å². The average Bonchev–Trinajstić information content (AvgIpc) is 2.77. The Hall–Kier alpha value is -3.38. The van der Waals surface area contributed by atoms with E-state index in [1.807, 2.05) is 26.0 Å². The van der Waals surface area contributed by atoms with E-state index in [0.29, 0.717) is 10.6 Å². The molecule has 31 heavy (non-hydrogen) atoms. The van der Waals surface area contributed by atoms with Gasteiger partial charge in [0.1, 0.15) is 5.56 Å². The lowest BCUT2D eigenvalue weighted by Crippen LogP contribution is -2.39. The lowest BCUT2D eigenvalue weighted by Gasteiger charge is -2.18. The van der Waals surface area contributed by atoms with E-state index < -0.39 is 23.5 Å². The Morgan fingerprint density at radius 2 is 1.77 bits per heavy atom. The summed E-state index contributed by atoms with van der Waals surface area (Å²) in [6.07, 6.45) is 0. The van der Waals surface area contributed by atoms with Gasteiger partial charge in [-0.3, -0.25) is 9.59 Å². The van der Waals surface area contributed by atoms with Crippen molar-refractivity contribution in [2.24, 2.45) is 0 Å². The molecule has 1 N–H and O–H groups in total. The minimum Gasteiger partial charge on any atom is -0.467 e. The van der Waals surface area contributed by atoms with Crippen LogP contribution in [0.3, 0.4) is 0 Å². The second kappa shape index (κ2) is 9.62. The van der Waals surface area contributed by atoms with Crippen LogP contribution in [0.4, 0.5) is 0 Å². The van der Waals surface area contributed by atoms with E-state index in [4.69, 9.17) is 16.3 Å². The molecule has 0 saturated heterocycles. The lowest BCUT2D eigenvalue weighted by molar-refractivity contribution is -0.143. The third-order valence-electron chi connectivity index (χ3n) is 5.13. The fraction of sp³-hybridized carbons (Fsp3) is 0.208. The Kier molecular flexibility index (Phi) is 6.92. The summed E-state index contributed by atoms with van der Waals surface area (Å²) in [6.45, 7) is 3.92. The molecule has 1 amide bonds. The fourth-order valence-electron chi connectivity index (χ4n) is 3.31. The van der Waals surface area contributed by atoms with E-state index in [1.165, 1.54) is 11.7 Å². The van der Waals surface area contributed by atoms with E-state index >= 15 is 0 Å². The Labute approximate surface area is 185 Å². The molecule has 0 unspecified atom stereocenters. The second-order valence-corrected chi connectivity index (χ2v) is 7.62. The number of nitrogens with zero attached hydrogens (tertiary/aromatic N) is 1. The topological polar surface area (TPSA) is 77.4 Å². The second-order valence-electron chi connectivity index (χ2n) is 7.19. The van der Waals surface area contributed by atoms with Gasteiger partial charge in [0.15, 0.2) is 6.04 Å². The minimum atomic E-state index is -1.03. The molecule has 0 aliphatic heterocycles. The van der Waals surface area contributed by atoms with Crippen molar-refractivity contribution in [2.45, 2.75) is 26.4 Å². The van der Waals surface area contributed by atoms with Gasteiger partial charge in [0, 0.05) is 10.7 Å². The number of rotatable bonds is 6. The number of amides is 1. The zero-order valence-electron chi connectivity index (χ0n) is 17.5. The molecule has 2 aromatic carbocycles. The number of aryl methyl sites for hydroxylation is 1. The van der Waals surface area contributed by atoms with Gasteiger partial charge in [-0.1, -0.05) is 54.1 Å². The molecule has 0 aliphatic carbocycles. The van der Waals surface area contributed by atoms with Crippen LogP contribution in [-0.2, 0) is 16.1 Å². The first-order chi connectivity index (χ1) is 14.8. The molecule has 0 aliphatic rings. The smallest absolute Gasteiger partial charge is 0.333 e. The number of carbonyl (C=O) groups is 2. The van der Waals surface area contributed by atoms with Crippen LogP contribution in [0.5, 0.6) is 0 Å². The van der Waals surface area contributed by atoms with Gasteiger partial charge < -0.3 is 14.6 Å². The highest BCUT2D eigenvalue weighted by Gasteiger charge is 2.26. The summed E-state index contributed by atoms with van der Waals surface area (Å²) in [5, 5.41) is 3.21. The summed E-state index contributed by atoms with van der Waals surface area (Å²) in [4.78, 5) is 38.5. The Morgan fingerprint density at radius 1 is 1.06 bits per heavy atom. The lowest BCUT2D eigenvalue weighted by atomic mass is 10.1. The SMILES string of the molecule is COC(=O)[C@@H](NC(=O)c1cc(C)c(C)n(Cc2cccc(Cl)c2)c1=O)c1ccccc1. The molecule has 7 heteroatoms. The number of nitrogens with one attached hydrogen (secondary N) is 1. The first kappa shape index (κ1) is 22.3. The van der Waals surface area contributed by atoms with Gasteiger partial charge in [0.2, 0.25) is 0 Å². The van der Waals surface area contributed by atoms with Gasteiger partial charge in [-0.2, -0.15) is 0 Å². The Morgan fingerprint density at radius 3 is 2.42 bits per heavy atom.